The molecule has 0 saturated carbocycles. The first-order chi connectivity index (χ1) is 15.0. The van der Waals surface area contributed by atoms with Gasteiger partial charge < -0.3 is 21.1 Å². The van der Waals surface area contributed by atoms with Crippen LogP contribution in [0.1, 0.15) is 12.5 Å². The number of nitrogens with one attached hydrogen (secondary N) is 3. The average molecular weight is 417 g/mol. The number of nitrogens with two attached hydrogens (primary N) is 1. The van der Waals surface area contributed by atoms with Gasteiger partial charge in [-0.15, -0.1) is 0 Å². The Morgan fingerprint density at radius 2 is 1.71 bits per heavy atom. The van der Waals surface area contributed by atoms with Crippen molar-refractivity contribution in [3.63, 3.8) is 0 Å². The molecule has 0 radical (unpaired) electrons. The fraction of sp³-hybridized carbons (Fsp3) is 0.130. The van der Waals surface area contributed by atoms with Crippen molar-refractivity contribution in [1.82, 2.24) is 4.98 Å². The molecule has 158 valence electrons. The summed E-state index contributed by atoms with van der Waals surface area (Å²) in [6, 6.07) is 16.4. The van der Waals surface area contributed by atoms with Gasteiger partial charge >= 0.3 is 5.97 Å². The minimum absolute atomic E-state index is 0.116. The van der Waals surface area contributed by atoms with E-state index in [9.17, 15) is 9.59 Å². The minimum Gasteiger partial charge on any atom is -0.464 e. The van der Waals surface area contributed by atoms with Crippen LogP contribution in [-0.2, 0) is 14.3 Å². The number of anilines is 2. The second-order valence-corrected chi connectivity index (χ2v) is 6.63. The zero-order valence-electron chi connectivity index (χ0n) is 17.0. The number of hydrogen-bond donors (Lipinski definition) is 4. The first-order valence-corrected chi connectivity index (χ1v) is 9.67. The van der Waals surface area contributed by atoms with E-state index in [0.717, 1.165) is 11.1 Å². The minimum atomic E-state index is -1.28. The molecule has 0 spiro atoms. The summed E-state index contributed by atoms with van der Waals surface area (Å²) in [5, 5.41) is 13.2. The second-order valence-electron chi connectivity index (χ2n) is 6.63. The molecule has 2 aromatic carbocycles. The molecule has 3 rings (SSSR count). The SMILES string of the molecule is CCOC(=O)[C@@H](Nc1cccc(C(=N)N)c1)C(=O)Nc1ccc(-c2ccncc2)cc1. The Kier molecular flexibility index (Phi) is 6.95. The number of esters is 1. The number of amidine groups is 1. The molecular weight excluding hydrogens is 394 g/mol. The van der Waals surface area contributed by atoms with Gasteiger partial charge in [-0.2, -0.15) is 0 Å². The average Bonchev–Trinajstić information content (AvgIpc) is 2.79. The summed E-state index contributed by atoms with van der Waals surface area (Å²) in [6.45, 7) is 1.81. The zero-order valence-corrected chi connectivity index (χ0v) is 17.0. The van der Waals surface area contributed by atoms with Crippen molar-refractivity contribution in [1.29, 1.82) is 5.41 Å². The van der Waals surface area contributed by atoms with Crippen LogP contribution in [0.5, 0.6) is 0 Å². The maximum absolute atomic E-state index is 12.9. The zero-order chi connectivity index (χ0) is 22.2. The maximum Gasteiger partial charge on any atom is 0.338 e. The van der Waals surface area contributed by atoms with Crippen LogP contribution in [0.4, 0.5) is 11.4 Å². The number of carbonyl (C=O) groups excluding carboxylic acids is 2. The summed E-state index contributed by atoms with van der Waals surface area (Å²) in [4.78, 5) is 29.3. The standard InChI is InChI=1S/C23H23N5O3/c1-2-31-23(30)20(27-19-5-3-4-17(14-19)21(24)25)22(29)28-18-8-6-15(7-9-18)16-10-12-26-13-11-16/h3-14,20,27H,2H2,1H3,(H3,24,25)(H,28,29)/t20-/m0/s1. The molecule has 31 heavy (non-hydrogen) atoms. The van der Waals surface area contributed by atoms with Crippen LogP contribution in [0.3, 0.4) is 0 Å². The lowest BCUT2D eigenvalue weighted by atomic mass is 10.1. The molecule has 0 aliphatic carbocycles. The largest absolute Gasteiger partial charge is 0.464 e. The highest BCUT2D eigenvalue weighted by atomic mass is 16.5. The normalized spacial score (nSPS) is 11.3. The molecule has 1 atom stereocenters. The number of amides is 1. The summed E-state index contributed by atoms with van der Waals surface area (Å²) in [5.74, 6) is -1.39. The summed E-state index contributed by atoms with van der Waals surface area (Å²) >= 11 is 0. The molecule has 1 aromatic heterocycles. The van der Waals surface area contributed by atoms with Gasteiger partial charge in [-0.05, 0) is 54.4 Å². The van der Waals surface area contributed by atoms with Crippen LogP contribution in [0, 0.1) is 5.41 Å². The monoisotopic (exact) mass is 417 g/mol. The summed E-state index contributed by atoms with van der Waals surface area (Å²) in [7, 11) is 0. The lowest BCUT2D eigenvalue weighted by molar-refractivity contribution is -0.146. The third-order valence-corrected chi connectivity index (χ3v) is 4.44. The first-order valence-electron chi connectivity index (χ1n) is 9.67. The lowest BCUT2D eigenvalue weighted by Crippen LogP contribution is -2.42. The molecule has 1 heterocycles. The Morgan fingerprint density at radius 1 is 1.03 bits per heavy atom. The van der Waals surface area contributed by atoms with E-state index in [2.05, 4.69) is 15.6 Å². The Balaban J connectivity index is 1.76. The Morgan fingerprint density at radius 3 is 2.35 bits per heavy atom. The third kappa shape index (κ3) is 5.66. The number of rotatable bonds is 8. The second kappa shape index (κ2) is 10.0. The Labute approximate surface area is 180 Å². The summed E-state index contributed by atoms with van der Waals surface area (Å²) in [5.41, 5.74) is 8.97. The third-order valence-electron chi connectivity index (χ3n) is 4.44. The highest BCUT2D eigenvalue weighted by molar-refractivity contribution is 6.10. The van der Waals surface area contributed by atoms with Crippen molar-refractivity contribution in [2.75, 3.05) is 17.2 Å². The molecule has 0 saturated heterocycles. The molecule has 0 fully saturated rings. The molecule has 3 aromatic rings. The van der Waals surface area contributed by atoms with Gasteiger partial charge in [0.25, 0.3) is 5.91 Å². The number of nitrogens with zero attached hydrogens (tertiary/aromatic N) is 1. The van der Waals surface area contributed by atoms with Crippen molar-refractivity contribution >= 4 is 29.1 Å². The number of carbonyl (C=O) groups is 2. The van der Waals surface area contributed by atoms with Gasteiger partial charge in [-0.1, -0.05) is 24.3 Å². The molecule has 0 bridgehead atoms. The molecule has 0 aliphatic rings. The molecule has 8 heteroatoms. The number of nitrogen functional groups attached to an aromatic ring is 1. The van der Waals surface area contributed by atoms with Crippen molar-refractivity contribution in [3.8, 4) is 11.1 Å². The predicted molar refractivity (Wildman–Crippen MR) is 120 cm³/mol. The topological polar surface area (TPSA) is 130 Å². The van der Waals surface area contributed by atoms with E-state index in [1.807, 2.05) is 24.3 Å². The van der Waals surface area contributed by atoms with E-state index >= 15 is 0 Å². The molecule has 5 N–H and O–H groups in total. The Bertz CT molecular complexity index is 1070. The summed E-state index contributed by atoms with van der Waals surface area (Å²) in [6.07, 6.45) is 3.42. The van der Waals surface area contributed by atoms with E-state index in [4.69, 9.17) is 15.9 Å². The van der Waals surface area contributed by atoms with Crippen LogP contribution in [0.2, 0.25) is 0 Å². The van der Waals surface area contributed by atoms with Gasteiger partial charge in [-0.25, -0.2) is 4.79 Å². The summed E-state index contributed by atoms with van der Waals surface area (Å²) < 4.78 is 5.05. The van der Waals surface area contributed by atoms with Crippen LogP contribution >= 0.6 is 0 Å². The van der Waals surface area contributed by atoms with Crippen molar-refractivity contribution in [2.45, 2.75) is 13.0 Å². The lowest BCUT2D eigenvalue weighted by Gasteiger charge is -2.18. The Hall–Kier alpha value is -4.20. The van der Waals surface area contributed by atoms with E-state index in [1.165, 1.54) is 0 Å². The fourth-order valence-corrected chi connectivity index (χ4v) is 2.91. The number of hydrogen-bond acceptors (Lipinski definition) is 6. The maximum atomic E-state index is 12.9. The van der Waals surface area contributed by atoms with Crippen LogP contribution < -0.4 is 16.4 Å². The fourth-order valence-electron chi connectivity index (χ4n) is 2.91. The van der Waals surface area contributed by atoms with Gasteiger partial charge in [0.2, 0.25) is 6.04 Å². The smallest absolute Gasteiger partial charge is 0.338 e. The number of ether oxygens (including phenoxy) is 1. The highest BCUT2D eigenvalue weighted by Gasteiger charge is 2.28. The van der Waals surface area contributed by atoms with E-state index < -0.39 is 17.9 Å². The van der Waals surface area contributed by atoms with Gasteiger partial charge in [0, 0.05) is 29.3 Å². The van der Waals surface area contributed by atoms with Crippen molar-refractivity contribution < 1.29 is 14.3 Å². The van der Waals surface area contributed by atoms with Gasteiger partial charge in [-0.3, -0.25) is 15.2 Å². The number of aromatic nitrogens is 1. The number of benzene rings is 2. The van der Waals surface area contributed by atoms with Crippen LogP contribution in [0.25, 0.3) is 11.1 Å². The highest BCUT2D eigenvalue weighted by Crippen LogP contribution is 2.21. The predicted octanol–water partition coefficient (Wildman–Crippen LogP) is 3.01. The molecule has 0 unspecified atom stereocenters. The quantitative estimate of drug-likeness (QED) is 0.193. The van der Waals surface area contributed by atoms with E-state index in [0.29, 0.717) is 16.9 Å². The van der Waals surface area contributed by atoms with Gasteiger partial charge in [0.1, 0.15) is 5.84 Å². The van der Waals surface area contributed by atoms with E-state index in [-0.39, 0.29) is 12.4 Å². The molecule has 8 nitrogen and oxygen atoms in total. The van der Waals surface area contributed by atoms with Crippen LogP contribution in [-0.4, -0.2) is 35.3 Å². The molecule has 1 amide bonds. The molecular formula is C23H23N5O3. The molecule has 0 aliphatic heterocycles. The van der Waals surface area contributed by atoms with Gasteiger partial charge in [0.05, 0.1) is 6.61 Å². The first kappa shape index (κ1) is 21.5. The van der Waals surface area contributed by atoms with Gasteiger partial charge in [0.15, 0.2) is 0 Å². The van der Waals surface area contributed by atoms with Crippen molar-refractivity contribution in [2.24, 2.45) is 5.73 Å². The van der Waals surface area contributed by atoms with Crippen LogP contribution in [0.15, 0.2) is 73.1 Å². The van der Waals surface area contributed by atoms with E-state index in [1.54, 1.807) is 55.7 Å². The number of pyridine rings is 1. The van der Waals surface area contributed by atoms with Crippen molar-refractivity contribution in [3.05, 3.63) is 78.6 Å².